The molecule has 1 heterocycles. The van der Waals surface area contributed by atoms with E-state index in [2.05, 4.69) is 11.8 Å². The zero-order chi connectivity index (χ0) is 14.0. The van der Waals surface area contributed by atoms with Crippen LogP contribution < -0.4 is 5.73 Å². The van der Waals surface area contributed by atoms with E-state index in [1.807, 2.05) is 0 Å². The van der Waals surface area contributed by atoms with E-state index >= 15 is 0 Å². The van der Waals surface area contributed by atoms with Gasteiger partial charge < -0.3 is 5.73 Å². The Labute approximate surface area is 111 Å². The largest absolute Gasteiger partial charge is 0.330 e. The van der Waals surface area contributed by atoms with Crippen LogP contribution >= 0.6 is 0 Å². The van der Waals surface area contributed by atoms with E-state index in [4.69, 9.17) is 5.73 Å². The van der Waals surface area contributed by atoms with Gasteiger partial charge in [0, 0.05) is 30.8 Å². The molecule has 2 rings (SSSR count). The average molecular weight is 272 g/mol. The Balaban J connectivity index is 2.13. The van der Waals surface area contributed by atoms with E-state index < -0.39 is 17.5 Å². The summed E-state index contributed by atoms with van der Waals surface area (Å²) in [6, 6.07) is 1.86. The molecule has 2 nitrogen and oxygen atoms in total. The second-order valence-electron chi connectivity index (χ2n) is 5.32. The molecule has 0 bridgehead atoms. The second-order valence-corrected chi connectivity index (χ2v) is 5.32. The number of hydrogen-bond donors (Lipinski definition) is 1. The van der Waals surface area contributed by atoms with Crippen LogP contribution in [0.4, 0.5) is 13.2 Å². The lowest BCUT2D eigenvalue weighted by molar-refractivity contribution is 0.112. The lowest BCUT2D eigenvalue weighted by atomic mass is 9.93. The molecule has 0 aliphatic carbocycles. The first-order chi connectivity index (χ1) is 9.01. The summed E-state index contributed by atoms with van der Waals surface area (Å²) in [7, 11) is 0. The zero-order valence-corrected chi connectivity index (χ0v) is 11.0. The van der Waals surface area contributed by atoms with Crippen molar-refractivity contribution >= 4 is 0 Å². The summed E-state index contributed by atoms with van der Waals surface area (Å²) >= 11 is 0. The molecule has 1 aromatic carbocycles. The molecule has 1 saturated heterocycles. The fourth-order valence-corrected chi connectivity index (χ4v) is 2.58. The number of likely N-dealkylation sites (tertiary alicyclic amines) is 1. The lowest BCUT2D eigenvalue weighted by Crippen LogP contribution is -2.43. The molecule has 1 aromatic rings. The second kappa shape index (κ2) is 5.92. The van der Waals surface area contributed by atoms with Gasteiger partial charge in [-0.05, 0) is 38.3 Å². The monoisotopic (exact) mass is 272 g/mol. The Morgan fingerprint density at radius 2 is 1.84 bits per heavy atom. The molecule has 2 N–H and O–H groups in total. The molecule has 2 unspecified atom stereocenters. The van der Waals surface area contributed by atoms with Crippen molar-refractivity contribution in [1.82, 2.24) is 4.90 Å². The first-order valence-corrected chi connectivity index (χ1v) is 6.58. The molecule has 2 atom stereocenters. The van der Waals surface area contributed by atoms with E-state index in [1.165, 1.54) is 0 Å². The highest BCUT2D eigenvalue weighted by molar-refractivity contribution is 5.20. The van der Waals surface area contributed by atoms with Crippen LogP contribution in [0.1, 0.15) is 25.3 Å². The van der Waals surface area contributed by atoms with Gasteiger partial charge in [0.05, 0.1) is 0 Å². The number of nitrogens with two attached hydrogens (primary N) is 1. The maximum absolute atomic E-state index is 13.6. The van der Waals surface area contributed by atoms with Crippen molar-refractivity contribution in [2.24, 2.45) is 11.7 Å². The maximum Gasteiger partial charge on any atom is 0.161 e. The van der Waals surface area contributed by atoms with Crippen molar-refractivity contribution in [2.75, 3.05) is 13.1 Å². The van der Waals surface area contributed by atoms with Gasteiger partial charge in [-0.15, -0.1) is 0 Å². The highest BCUT2D eigenvalue weighted by Gasteiger charge is 2.25. The van der Waals surface area contributed by atoms with Crippen molar-refractivity contribution in [1.29, 1.82) is 0 Å². The van der Waals surface area contributed by atoms with E-state index in [9.17, 15) is 13.2 Å². The number of nitrogens with zero attached hydrogens (tertiary/aromatic N) is 1. The molecular weight excluding hydrogens is 253 g/mol. The van der Waals surface area contributed by atoms with Crippen LogP contribution in [-0.4, -0.2) is 24.0 Å². The zero-order valence-electron chi connectivity index (χ0n) is 11.0. The van der Waals surface area contributed by atoms with Crippen LogP contribution in [0.2, 0.25) is 0 Å². The fraction of sp³-hybridized carbons (Fsp3) is 0.571. The highest BCUT2D eigenvalue weighted by Crippen LogP contribution is 2.24. The number of piperidine rings is 1. The Kier molecular flexibility index (Phi) is 4.47. The summed E-state index contributed by atoms with van der Waals surface area (Å²) in [5.41, 5.74) is 5.87. The minimum atomic E-state index is -1.15. The number of rotatable bonds is 3. The third kappa shape index (κ3) is 3.28. The first kappa shape index (κ1) is 14.3. The molecule has 1 fully saturated rings. The van der Waals surface area contributed by atoms with Gasteiger partial charge in [0.15, 0.2) is 11.6 Å². The van der Waals surface area contributed by atoms with Crippen LogP contribution in [0.25, 0.3) is 0 Å². The van der Waals surface area contributed by atoms with E-state index in [-0.39, 0.29) is 5.56 Å². The molecule has 1 aliphatic rings. The van der Waals surface area contributed by atoms with Crippen molar-refractivity contribution < 1.29 is 13.2 Å². The molecule has 1 aliphatic heterocycles. The maximum atomic E-state index is 13.6. The van der Waals surface area contributed by atoms with E-state index in [0.717, 1.165) is 25.5 Å². The summed E-state index contributed by atoms with van der Waals surface area (Å²) in [4.78, 5) is 2.08. The third-order valence-electron chi connectivity index (χ3n) is 3.90. The average Bonchev–Trinajstić information content (AvgIpc) is 2.38. The predicted molar refractivity (Wildman–Crippen MR) is 68.0 cm³/mol. The van der Waals surface area contributed by atoms with Crippen molar-refractivity contribution in [3.63, 3.8) is 0 Å². The lowest BCUT2D eigenvalue weighted by Gasteiger charge is -2.37. The Bertz CT molecular complexity index is 451. The van der Waals surface area contributed by atoms with Gasteiger partial charge in [0.25, 0.3) is 0 Å². The van der Waals surface area contributed by atoms with Gasteiger partial charge >= 0.3 is 0 Å². The van der Waals surface area contributed by atoms with E-state index in [0.29, 0.717) is 31.1 Å². The Morgan fingerprint density at radius 1 is 1.16 bits per heavy atom. The minimum absolute atomic E-state index is 0.198. The molecule has 0 amide bonds. The molecular formula is C14H19F3N2. The van der Waals surface area contributed by atoms with Crippen molar-refractivity contribution in [2.45, 2.75) is 32.4 Å². The molecule has 0 spiro atoms. The topological polar surface area (TPSA) is 29.3 Å². The summed E-state index contributed by atoms with van der Waals surface area (Å²) in [6.45, 7) is 3.73. The van der Waals surface area contributed by atoms with Crippen LogP contribution in [0, 0.1) is 23.4 Å². The number of hydrogen-bond acceptors (Lipinski definition) is 2. The molecule has 0 aromatic heterocycles. The third-order valence-corrected chi connectivity index (χ3v) is 3.90. The van der Waals surface area contributed by atoms with Gasteiger partial charge in [-0.3, -0.25) is 4.90 Å². The van der Waals surface area contributed by atoms with Crippen LogP contribution in [0.5, 0.6) is 0 Å². The standard InChI is InChI=1S/C14H19F3N2/c1-9-2-3-10(6-18)7-19(9)8-11-4-13(16)14(17)5-12(11)15/h4-5,9-10H,2-3,6-8,18H2,1H3. The van der Waals surface area contributed by atoms with Crippen LogP contribution in [0.15, 0.2) is 12.1 Å². The number of benzene rings is 1. The summed E-state index contributed by atoms with van der Waals surface area (Å²) < 4.78 is 39.7. The highest BCUT2D eigenvalue weighted by atomic mass is 19.2. The Hall–Kier alpha value is -1.07. The summed E-state index contributed by atoms with van der Waals surface area (Å²) in [5.74, 6) is -2.45. The van der Waals surface area contributed by atoms with Gasteiger partial charge in [-0.1, -0.05) is 0 Å². The quantitative estimate of drug-likeness (QED) is 0.857. The smallest absolute Gasteiger partial charge is 0.161 e. The molecule has 106 valence electrons. The first-order valence-electron chi connectivity index (χ1n) is 6.58. The van der Waals surface area contributed by atoms with Gasteiger partial charge in [0.1, 0.15) is 5.82 Å². The molecule has 0 saturated carbocycles. The van der Waals surface area contributed by atoms with Gasteiger partial charge in [-0.2, -0.15) is 0 Å². The molecule has 5 heteroatoms. The molecule has 19 heavy (non-hydrogen) atoms. The predicted octanol–water partition coefficient (Wildman–Crippen LogP) is 2.66. The molecule has 0 radical (unpaired) electrons. The summed E-state index contributed by atoms with van der Waals surface area (Å²) in [6.07, 6.45) is 2.06. The SMILES string of the molecule is CC1CCC(CN)CN1Cc1cc(F)c(F)cc1F. The fourth-order valence-electron chi connectivity index (χ4n) is 2.58. The van der Waals surface area contributed by atoms with Gasteiger partial charge in [0.2, 0.25) is 0 Å². The summed E-state index contributed by atoms with van der Waals surface area (Å²) in [5, 5.41) is 0. The van der Waals surface area contributed by atoms with Crippen molar-refractivity contribution in [3.8, 4) is 0 Å². The van der Waals surface area contributed by atoms with E-state index in [1.54, 1.807) is 0 Å². The van der Waals surface area contributed by atoms with Crippen LogP contribution in [-0.2, 0) is 6.54 Å². The normalized spacial score (nSPS) is 24.7. The Morgan fingerprint density at radius 3 is 2.53 bits per heavy atom. The van der Waals surface area contributed by atoms with Gasteiger partial charge in [-0.25, -0.2) is 13.2 Å². The minimum Gasteiger partial charge on any atom is -0.330 e. The number of halogens is 3. The van der Waals surface area contributed by atoms with Crippen LogP contribution in [0.3, 0.4) is 0 Å². The van der Waals surface area contributed by atoms with Crippen molar-refractivity contribution in [3.05, 3.63) is 35.1 Å².